The number of carbonyl (C=O) groups excluding carboxylic acids is 1. The van der Waals surface area contributed by atoms with Crippen LogP contribution in [0.2, 0.25) is 0 Å². The molecule has 1 fully saturated rings. The fourth-order valence-corrected chi connectivity index (χ4v) is 4.89. The molecular formula is C31H38N2O4. The van der Waals surface area contributed by atoms with E-state index in [0.717, 1.165) is 11.1 Å². The highest BCUT2D eigenvalue weighted by Gasteiger charge is 2.58. The molecule has 0 spiro atoms. The molecule has 2 heterocycles. The summed E-state index contributed by atoms with van der Waals surface area (Å²) >= 11 is 0. The summed E-state index contributed by atoms with van der Waals surface area (Å²) in [4.78, 5) is 18.8. The average Bonchev–Trinajstić information content (AvgIpc) is 2.84. The number of hydrogen-bond acceptors (Lipinski definition) is 5. The van der Waals surface area contributed by atoms with Crippen molar-refractivity contribution in [1.82, 2.24) is 9.88 Å². The van der Waals surface area contributed by atoms with E-state index >= 15 is 0 Å². The van der Waals surface area contributed by atoms with E-state index in [2.05, 4.69) is 31.0 Å². The minimum atomic E-state index is -1.40. The van der Waals surface area contributed by atoms with Crippen LogP contribution in [0.15, 0.2) is 73.1 Å². The minimum Gasteiger partial charge on any atom is -0.487 e. The zero-order valence-electron chi connectivity index (χ0n) is 22.7. The molecule has 196 valence electrons. The molecule has 37 heavy (non-hydrogen) atoms. The molecule has 0 bridgehead atoms. The largest absolute Gasteiger partial charge is 0.487 e. The second-order valence-electron chi connectivity index (χ2n) is 11.6. The van der Waals surface area contributed by atoms with Crippen LogP contribution in [0, 0.1) is 5.41 Å². The van der Waals surface area contributed by atoms with Crippen LogP contribution in [-0.2, 0) is 16.9 Å². The maximum atomic E-state index is 12.7. The van der Waals surface area contributed by atoms with Crippen LogP contribution in [0.25, 0.3) is 0 Å². The third-order valence-corrected chi connectivity index (χ3v) is 6.98. The van der Waals surface area contributed by atoms with Crippen LogP contribution in [0.3, 0.4) is 0 Å². The van der Waals surface area contributed by atoms with Crippen molar-refractivity contribution >= 4 is 6.09 Å². The summed E-state index contributed by atoms with van der Waals surface area (Å²) in [7, 11) is 0. The molecule has 0 saturated carbocycles. The van der Waals surface area contributed by atoms with E-state index in [0.29, 0.717) is 36.9 Å². The van der Waals surface area contributed by atoms with Crippen molar-refractivity contribution in [1.29, 1.82) is 0 Å². The van der Waals surface area contributed by atoms with E-state index in [1.807, 2.05) is 76.2 Å². The topological polar surface area (TPSA) is 71.9 Å². The first-order valence-corrected chi connectivity index (χ1v) is 12.8. The lowest BCUT2D eigenvalue weighted by Crippen LogP contribution is -2.66. The summed E-state index contributed by atoms with van der Waals surface area (Å²) in [5.74, 6) is 0.950. The van der Waals surface area contributed by atoms with Crippen molar-refractivity contribution in [3.05, 3.63) is 95.3 Å². The van der Waals surface area contributed by atoms with E-state index in [4.69, 9.17) is 9.47 Å². The molecule has 1 atom stereocenters. The van der Waals surface area contributed by atoms with Gasteiger partial charge < -0.3 is 19.5 Å². The summed E-state index contributed by atoms with van der Waals surface area (Å²) in [6, 6.07) is 19.9. The normalized spacial score (nSPS) is 16.6. The van der Waals surface area contributed by atoms with Gasteiger partial charge in [-0.2, -0.15) is 0 Å². The zero-order valence-corrected chi connectivity index (χ0v) is 22.7. The van der Waals surface area contributed by atoms with Crippen molar-refractivity contribution in [2.45, 2.75) is 65.3 Å². The Hall–Kier alpha value is -3.38. The molecule has 0 radical (unpaired) electrons. The first kappa shape index (κ1) is 26.7. The lowest BCUT2D eigenvalue weighted by atomic mass is 9.62. The molecule has 1 amide bonds. The predicted octanol–water partition coefficient (Wildman–Crippen LogP) is 6.28. The number of amides is 1. The Bertz CT molecular complexity index is 1210. The third kappa shape index (κ3) is 5.64. The molecule has 6 heteroatoms. The lowest BCUT2D eigenvalue weighted by molar-refractivity contribution is -0.131. The van der Waals surface area contributed by atoms with E-state index < -0.39 is 16.6 Å². The van der Waals surface area contributed by atoms with Gasteiger partial charge in [0.25, 0.3) is 0 Å². The number of rotatable bonds is 7. The van der Waals surface area contributed by atoms with Crippen LogP contribution in [-0.4, -0.2) is 39.8 Å². The molecule has 6 nitrogen and oxygen atoms in total. The average molecular weight is 503 g/mol. The smallest absolute Gasteiger partial charge is 0.410 e. The summed E-state index contributed by atoms with van der Waals surface area (Å²) in [6.45, 7) is 12.9. The predicted molar refractivity (Wildman–Crippen MR) is 144 cm³/mol. The van der Waals surface area contributed by atoms with E-state index in [9.17, 15) is 9.90 Å². The monoisotopic (exact) mass is 502 g/mol. The standard InChI is InChI=1S/C31H38N2O4/c1-22(2)24-12-14-25(15-13-24)31(35,30(6)20-33(21-30)28(34)37-29(3,4)5)26-16-27(18-32-17-26)36-19-23-10-8-7-9-11-23/h7-18,22,35H,19-21H2,1-6H3. The highest BCUT2D eigenvalue weighted by Crippen LogP contribution is 2.51. The summed E-state index contributed by atoms with van der Waals surface area (Å²) in [5.41, 5.74) is 0.973. The van der Waals surface area contributed by atoms with Crippen LogP contribution in [0.1, 0.15) is 69.7 Å². The highest BCUT2D eigenvalue weighted by atomic mass is 16.6. The zero-order chi connectivity index (χ0) is 26.8. The van der Waals surface area contributed by atoms with Crippen molar-refractivity contribution in [3.63, 3.8) is 0 Å². The molecule has 1 N–H and O–H groups in total. The lowest BCUT2D eigenvalue weighted by Gasteiger charge is -2.56. The Morgan fingerprint density at radius 3 is 2.27 bits per heavy atom. The van der Waals surface area contributed by atoms with Gasteiger partial charge in [-0.05, 0) is 49.4 Å². The van der Waals surface area contributed by atoms with Crippen molar-refractivity contribution in [2.75, 3.05) is 13.1 Å². The molecule has 3 aromatic rings. The van der Waals surface area contributed by atoms with Crippen LogP contribution in [0.4, 0.5) is 4.79 Å². The molecule has 0 aliphatic carbocycles. The number of likely N-dealkylation sites (tertiary alicyclic amines) is 1. The summed E-state index contributed by atoms with van der Waals surface area (Å²) in [6.07, 6.45) is 2.97. The molecule has 1 aromatic heterocycles. The Kier molecular flexibility index (Phi) is 7.33. The van der Waals surface area contributed by atoms with Crippen molar-refractivity contribution in [3.8, 4) is 5.75 Å². The van der Waals surface area contributed by atoms with E-state index in [-0.39, 0.29) is 6.09 Å². The molecule has 4 rings (SSSR count). The number of aromatic nitrogens is 1. The third-order valence-electron chi connectivity index (χ3n) is 6.98. The fraction of sp³-hybridized carbons (Fsp3) is 0.419. The van der Waals surface area contributed by atoms with Gasteiger partial charge in [0.2, 0.25) is 0 Å². The maximum Gasteiger partial charge on any atom is 0.410 e. The second kappa shape index (κ2) is 10.2. The fourth-order valence-electron chi connectivity index (χ4n) is 4.89. The maximum absolute atomic E-state index is 12.7. The van der Waals surface area contributed by atoms with Gasteiger partial charge in [0, 0.05) is 30.3 Å². The summed E-state index contributed by atoms with van der Waals surface area (Å²) < 4.78 is 11.6. The quantitative estimate of drug-likeness (QED) is 0.412. The first-order chi connectivity index (χ1) is 17.4. The number of hydrogen-bond donors (Lipinski definition) is 1. The van der Waals surface area contributed by atoms with Crippen LogP contribution >= 0.6 is 0 Å². The van der Waals surface area contributed by atoms with Gasteiger partial charge in [-0.3, -0.25) is 4.98 Å². The number of carbonyl (C=O) groups is 1. The number of benzene rings is 2. The molecule has 1 aliphatic heterocycles. The Morgan fingerprint density at radius 2 is 1.68 bits per heavy atom. The van der Waals surface area contributed by atoms with Crippen LogP contribution < -0.4 is 4.74 Å². The Labute approximate surface area is 220 Å². The first-order valence-electron chi connectivity index (χ1n) is 12.8. The van der Waals surface area contributed by atoms with Gasteiger partial charge in [-0.15, -0.1) is 0 Å². The van der Waals surface area contributed by atoms with Crippen LogP contribution in [0.5, 0.6) is 5.75 Å². The van der Waals surface area contributed by atoms with Gasteiger partial charge in [-0.25, -0.2) is 4.79 Å². The number of nitrogens with zero attached hydrogens (tertiary/aromatic N) is 2. The Balaban J connectivity index is 1.66. The van der Waals surface area contributed by atoms with Gasteiger partial charge in [-0.1, -0.05) is 75.4 Å². The van der Waals surface area contributed by atoms with Crippen molar-refractivity contribution < 1.29 is 19.4 Å². The molecule has 1 aliphatic rings. The molecule has 2 aromatic carbocycles. The SMILES string of the molecule is CC(C)c1ccc(C(O)(c2cncc(OCc3ccccc3)c2)C2(C)CN(C(=O)OC(C)(C)C)C2)cc1. The molecule has 1 unspecified atom stereocenters. The second-order valence-corrected chi connectivity index (χ2v) is 11.6. The van der Waals surface area contributed by atoms with Crippen molar-refractivity contribution in [2.24, 2.45) is 5.41 Å². The number of aliphatic hydroxyl groups is 1. The van der Waals surface area contributed by atoms with Gasteiger partial charge in [0.15, 0.2) is 0 Å². The van der Waals surface area contributed by atoms with E-state index in [1.54, 1.807) is 17.3 Å². The number of ether oxygens (including phenoxy) is 2. The number of pyridine rings is 1. The molecule has 1 saturated heterocycles. The minimum absolute atomic E-state index is 0.347. The van der Waals surface area contributed by atoms with Gasteiger partial charge in [0.05, 0.1) is 6.20 Å². The Morgan fingerprint density at radius 1 is 1.03 bits per heavy atom. The van der Waals surface area contributed by atoms with E-state index in [1.165, 1.54) is 5.56 Å². The van der Waals surface area contributed by atoms with Gasteiger partial charge in [0.1, 0.15) is 23.6 Å². The highest BCUT2D eigenvalue weighted by molar-refractivity contribution is 5.70. The van der Waals surface area contributed by atoms with Gasteiger partial charge >= 0.3 is 6.09 Å². The summed E-state index contributed by atoms with van der Waals surface area (Å²) in [5, 5.41) is 12.5. The molecular weight excluding hydrogens is 464 g/mol.